The van der Waals surface area contributed by atoms with Gasteiger partial charge in [-0.2, -0.15) is 0 Å². The predicted octanol–water partition coefficient (Wildman–Crippen LogP) is 3.95. The summed E-state index contributed by atoms with van der Waals surface area (Å²) >= 11 is 5.58. The lowest BCUT2D eigenvalue weighted by Crippen LogP contribution is -2.04. The van der Waals surface area contributed by atoms with Crippen LogP contribution in [0, 0.1) is 5.41 Å². The number of benzene rings is 1. The van der Waals surface area contributed by atoms with Gasteiger partial charge in [-0.25, -0.2) is 0 Å². The maximum atomic E-state index is 3.59. The number of thioether (sulfide) groups is 1. The molecule has 70 valence electrons. The largest absolute Gasteiger partial charge is 0.126 e. The number of rotatable bonds is 4. The first-order chi connectivity index (χ1) is 6.35. The molecule has 1 aromatic rings. The molecule has 13 heavy (non-hydrogen) atoms. The second-order valence-electron chi connectivity index (χ2n) is 3.74. The van der Waals surface area contributed by atoms with Gasteiger partial charge < -0.3 is 0 Å². The molecule has 0 aromatic heterocycles. The highest BCUT2D eigenvalue weighted by Crippen LogP contribution is 2.50. The Hall–Kier alpha value is 0.0500. The Bertz CT molecular complexity index is 267. The highest BCUT2D eigenvalue weighted by molar-refractivity contribution is 9.09. The van der Waals surface area contributed by atoms with Gasteiger partial charge in [0.15, 0.2) is 0 Å². The van der Waals surface area contributed by atoms with E-state index in [0.29, 0.717) is 5.41 Å². The molecule has 2 rings (SSSR count). The van der Waals surface area contributed by atoms with E-state index in [1.807, 2.05) is 11.8 Å². The fourth-order valence-corrected chi connectivity index (χ4v) is 3.48. The highest BCUT2D eigenvalue weighted by atomic mass is 79.9. The van der Waals surface area contributed by atoms with Crippen molar-refractivity contribution < 1.29 is 0 Å². The van der Waals surface area contributed by atoms with Crippen LogP contribution in [0.2, 0.25) is 0 Å². The molecule has 0 bridgehead atoms. The van der Waals surface area contributed by atoms with Crippen LogP contribution >= 0.6 is 27.7 Å². The van der Waals surface area contributed by atoms with Crippen LogP contribution in [0.25, 0.3) is 0 Å². The van der Waals surface area contributed by atoms with Gasteiger partial charge in [0, 0.05) is 16.0 Å². The number of alkyl halides is 1. The van der Waals surface area contributed by atoms with E-state index >= 15 is 0 Å². The molecular formula is C11H13BrS. The minimum atomic E-state index is 0.626. The average Bonchev–Trinajstić information content (AvgIpc) is 2.97. The van der Waals surface area contributed by atoms with Crippen LogP contribution in [0.3, 0.4) is 0 Å². The third-order valence-electron chi connectivity index (χ3n) is 2.53. The molecule has 1 aliphatic rings. The van der Waals surface area contributed by atoms with E-state index in [1.54, 1.807) is 0 Å². The number of hydrogen-bond donors (Lipinski definition) is 0. The van der Waals surface area contributed by atoms with Gasteiger partial charge in [-0.3, -0.25) is 0 Å². The number of halogens is 1. The van der Waals surface area contributed by atoms with Crippen LogP contribution in [0.4, 0.5) is 0 Å². The topological polar surface area (TPSA) is 0 Å². The summed E-state index contributed by atoms with van der Waals surface area (Å²) in [4.78, 5) is 1.40. The van der Waals surface area contributed by atoms with Crippen LogP contribution in [-0.2, 0) is 0 Å². The summed E-state index contributed by atoms with van der Waals surface area (Å²) in [5, 5.41) is 1.17. The lowest BCUT2D eigenvalue weighted by atomic mass is 10.2. The second kappa shape index (κ2) is 4.05. The lowest BCUT2D eigenvalue weighted by molar-refractivity contribution is 0.686. The van der Waals surface area contributed by atoms with E-state index in [2.05, 4.69) is 46.3 Å². The summed E-state index contributed by atoms with van der Waals surface area (Å²) in [6, 6.07) is 10.7. The Morgan fingerprint density at radius 1 is 1.23 bits per heavy atom. The Morgan fingerprint density at radius 3 is 2.46 bits per heavy atom. The Labute approximate surface area is 92.2 Å². The van der Waals surface area contributed by atoms with Gasteiger partial charge in [-0.05, 0) is 30.4 Å². The minimum absolute atomic E-state index is 0.626. The van der Waals surface area contributed by atoms with Crippen molar-refractivity contribution in [2.75, 3.05) is 11.1 Å². The highest BCUT2D eigenvalue weighted by Gasteiger charge is 2.41. The molecule has 0 unspecified atom stereocenters. The van der Waals surface area contributed by atoms with Crippen molar-refractivity contribution in [3.8, 4) is 0 Å². The van der Waals surface area contributed by atoms with Crippen molar-refractivity contribution in [3.63, 3.8) is 0 Å². The fourth-order valence-electron chi connectivity index (χ4n) is 1.25. The second-order valence-corrected chi connectivity index (χ2v) is 5.34. The van der Waals surface area contributed by atoms with Crippen molar-refractivity contribution in [3.05, 3.63) is 30.3 Å². The standard InChI is InChI=1S/C11H13BrS/c12-8-11(6-7-11)9-13-10-4-2-1-3-5-10/h1-5H,6-9H2. The molecule has 0 amide bonds. The van der Waals surface area contributed by atoms with Crippen molar-refractivity contribution in [1.82, 2.24) is 0 Å². The Morgan fingerprint density at radius 2 is 1.92 bits per heavy atom. The summed E-state index contributed by atoms with van der Waals surface area (Å²) in [6.07, 6.45) is 2.80. The summed E-state index contributed by atoms with van der Waals surface area (Å²) < 4.78 is 0. The molecule has 0 saturated heterocycles. The van der Waals surface area contributed by atoms with E-state index in [4.69, 9.17) is 0 Å². The zero-order chi connectivity index (χ0) is 9.15. The summed E-state index contributed by atoms with van der Waals surface area (Å²) in [7, 11) is 0. The molecule has 1 fully saturated rings. The monoisotopic (exact) mass is 256 g/mol. The quantitative estimate of drug-likeness (QED) is 0.581. The molecule has 0 aliphatic heterocycles. The maximum absolute atomic E-state index is 3.59. The van der Waals surface area contributed by atoms with Crippen LogP contribution < -0.4 is 0 Å². The SMILES string of the molecule is BrCC1(CSc2ccccc2)CC1. The molecule has 1 aliphatic carbocycles. The number of hydrogen-bond acceptors (Lipinski definition) is 1. The van der Waals surface area contributed by atoms with Gasteiger partial charge in [-0.1, -0.05) is 34.1 Å². The molecule has 0 radical (unpaired) electrons. The summed E-state index contributed by atoms with van der Waals surface area (Å²) in [5.74, 6) is 1.27. The third kappa shape index (κ3) is 2.50. The average molecular weight is 257 g/mol. The van der Waals surface area contributed by atoms with Crippen molar-refractivity contribution >= 4 is 27.7 Å². The molecular weight excluding hydrogens is 244 g/mol. The maximum Gasteiger partial charge on any atom is 0.00959 e. The third-order valence-corrected chi connectivity index (χ3v) is 5.08. The van der Waals surface area contributed by atoms with Gasteiger partial charge in [0.05, 0.1) is 0 Å². The van der Waals surface area contributed by atoms with Gasteiger partial charge in [-0.15, -0.1) is 11.8 Å². The lowest BCUT2D eigenvalue weighted by Gasteiger charge is -2.09. The van der Waals surface area contributed by atoms with E-state index in [1.165, 1.54) is 28.8 Å². The molecule has 1 saturated carbocycles. The zero-order valence-corrected chi connectivity index (χ0v) is 9.90. The molecule has 0 spiro atoms. The minimum Gasteiger partial charge on any atom is -0.126 e. The first-order valence-corrected chi connectivity index (χ1v) is 6.69. The van der Waals surface area contributed by atoms with Gasteiger partial charge in [0.25, 0.3) is 0 Å². The van der Waals surface area contributed by atoms with Crippen molar-refractivity contribution in [1.29, 1.82) is 0 Å². The normalized spacial score (nSPS) is 18.5. The molecule has 2 heteroatoms. The van der Waals surface area contributed by atoms with Crippen LogP contribution in [-0.4, -0.2) is 11.1 Å². The van der Waals surface area contributed by atoms with E-state index < -0.39 is 0 Å². The fraction of sp³-hybridized carbons (Fsp3) is 0.455. The van der Waals surface area contributed by atoms with E-state index in [9.17, 15) is 0 Å². The first kappa shape index (κ1) is 9.60. The molecule has 0 atom stereocenters. The van der Waals surface area contributed by atoms with Crippen LogP contribution in [0.15, 0.2) is 35.2 Å². The smallest absolute Gasteiger partial charge is 0.00959 e. The van der Waals surface area contributed by atoms with Crippen LogP contribution in [0.1, 0.15) is 12.8 Å². The first-order valence-electron chi connectivity index (χ1n) is 4.58. The van der Waals surface area contributed by atoms with Crippen molar-refractivity contribution in [2.24, 2.45) is 5.41 Å². The van der Waals surface area contributed by atoms with Crippen molar-refractivity contribution in [2.45, 2.75) is 17.7 Å². The van der Waals surface area contributed by atoms with E-state index in [-0.39, 0.29) is 0 Å². The van der Waals surface area contributed by atoms with Gasteiger partial charge >= 0.3 is 0 Å². The molecule has 0 N–H and O–H groups in total. The summed E-state index contributed by atoms with van der Waals surface area (Å²) in [5.41, 5.74) is 0.626. The van der Waals surface area contributed by atoms with Gasteiger partial charge in [0.2, 0.25) is 0 Å². The predicted molar refractivity (Wildman–Crippen MR) is 62.6 cm³/mol. The zero-order valence-electron chi connectivity index (χ0n) is 7.50. The summed E-state index contributed by atoms with van der Waals surface area (Å²) in [6.45, 7) is 0. The Kier molecular flexibility index (Phi) is 2.99. The van der Waals surface area contributed by atoms with E-state index in [0.717, 1.165) is 0 Å². The molecule has 0 heterocycles. The molecule has 0 nitrogen and oxygen atoms in total. The molecule has 1 aromatic carbocycles. The Balaban J connectivity index is 1.86. The van der Waals surface area contributed by atoms with Crippen LogP contribution in [0.5, 0.6) is 0 Å². The van der Waals surface area contributed by atoms with Gasteiger partial charge in [0.1, 0.15) is 0 Å².